The standard InChI is InChI=1S/C19H26N4O3/c1-13-14(2)22-23(15(13)3)10-7-18(24)21-16-12-25-11-8-17(16)26-19-6-4-5-9-20-19/h4-6,9,16-17H,7-8,10-12H2,1-3H3,(H,21,24)/t16-,17-/m1/s1. The molecule has 2 aromatic rings. The summed E-state index contributed by atoms with van der Waals surface area (Å²) in [5.41, 5.74) is 3.29. The molecule has 3 heterocycles. The van der Waals surface area contributed by atoms with Crippen LogP contribution in [0.4, 0.5) is 0 Å². The first-order chi connectivity index (χ1) is 12.5. The van der Waals surface area contributed by atoms with Gasteiger partial charge in [0.25, 0.3) is 0 Å². The predicted molar refractivity (Wildman–Crippen MR) is 97.1 cm³/mol. The van der Waals surface area contributed by atoms with Crippen LogP contribution in [-0.2, 0) is 16.1 Å². The van der Waals surface area contributed by atoms with Crippen molar-refractivity contribution in [2.24, 2.45) is 0 Å². The van der Waals surface area contributed by atoms with E-state index in [1.165, 1.54) is 5.56 Å². The molecule has 2 atom stereocenters. The van der Waals surface area contributed by atoms with Crippen molar-refractivity contribution in [3.8, 4) is 5.88 Å². The minimum atomic E-state index is -0.180. The van der Waals surface area contributed by atoms with Gasteiger partial charge in [0.15, 0.2) is 0 Å². The summed E-state index contributed by atoms with van der Waals surface area (Å²) in [5, 5.41) is 7.52. The number of hydrogen-bond donors (Lipinski definition) is 1. The first-order valence-electron chi connectivity index (χ1n) is 9.00. The topological polar surface area (TPSA) is 78.3 Å². The normalized spacial score (nSPS) is 20.0. The SMILES string of the molecule is Cc1nn(CCC(=O)N[C@@H]2COCC[C@H]2Oc2ccccn2)c(C)c1C. The third kappa shape index (κ3) is 4.40. The molecule has 140 valence electrons. The lowest BCUT2D eigenvalue weighted by atomic mass is 10.1. The van der Waals surface area contributed by atoms with Crippen molar-refractivity contribution in [1.82, 2.24) is 20.1 Å². The van der Waals surface area contributed by atoms with Crippen LogP contribution in [0.15, 0.2) is 24.4 Å². The van der Waals surface area contributed by atoms with Crippen molar-refractivity contribution >= 4 is 5.91 Å². The second kappa shape index (κ2) is 8.31. The number of carbonyl (C=O) groups excluding carboxylic acids is 1. The molecule has 1 N–H and O–H groups in total. The van der Waals surface area contributed by atoms with Crippen LogP contribution >= 0.6 is 0 Å². The van der Waals surface area contributed by atoms with Crippen LogP contribution in [0.3, 0.4) is 0 Å². The van der Waals surface area contributed by atoms with Crippen molar-refractivity contribution in [3.05, 3.63) is 41.3 Å². The molecule has 1 aliphatic heterocycles. The molecule has 0 spiro atoms. The molecule has 1 fully saturated rings. The number of nitrogens with zero attached hydrogens (tertiary/aromatic N) is 3. The van der Waals surface area contributed by atoms with E-state index in [0.717, 1.165) is 17.8 Å². The summed E-state index contributed by atoms with van der Waals surface area (Å²) < 4.78 is 13.4. The van der Waals surface area contributed by atoms with Crippen LogP contribution in [0.1, 0.15) is 29.8 Å². The third-order valence-electron chi connectivity index (χ3n) is 4.84. The molecule has 1 aliphatic rings. The van der Waals surface area contributed by atoms with Gasteiger partial charge in [-0.25, -0.2) is 4.98 Å². The van der Waals surface area contributed by atoms with Gasteiger partial charge in [0.2, 0.25) is 11.8 Å². The Morgan fingerprint density at radius 1 is 1.38 bits per heavy atom. The van der Waals surface area contributed by atoms with E-state index in [4.69, 9.17) is 9.47 Å². The molecule has 0 radical (unpaired) electrons. The summed E-state index contributed by atoms with van der Waals surface area (Å²) in [6.45, 7) is 7.69. The molecule has 0 aromatic carbocycles. The van der Waals surface area contributed by atoms with E-state index in [2.05, 4.69) is 15.4 Å². The minimum absolute atomic E-state index is 0.0275. The average molecular weight is 358 g/mol. The molecule has 0 unspecified atom stereocenters. The zero-order chi connectivity index (χ0) is 18.5. The maximum atomic E-state index is 12.4. The largest absolute Gasteiger partial charge is 0.472 e. The summed E-state index contributed by atoms with van der Waals surface area (Å²) >= 11 is 0. The molecule has 0 saturated carbocycles. The van der Waals surface area contributed by atoms with Gasteiger partial charge in [0.05, 0.1) is 24.9 Å². The fourth-order valence-electron chi connectivity index (χ4n) is 3.06. The molecule has 7 nitrogen and oxygen atoms in total. The van der Waals surface area contributed by atoms with Crippen molar-refractivity contribution in [2.75, 3.05) is 13.2 Å². The number of carbonyl (C=O) groups is 1. The summed E-state index contributed by atoms with van der Waals surface area (Å²) in [5.74, 6) is 0.539. The highest BCUT2D eigenvalue weighted by atomic mass is 16.5. The predicted octanol–water partition coefficient (Wildman–Crippen LogP) is 1.95. The zero-order valence-corrected chi connectivity index (χ0v) is 15.6. The van der Waals surface area contributed by atoms with Crippen molar-refractivity contribution in [3.63, 3.8) is 0 Å². The Kier molecular flexibility index (Phi) is 5.88. The molecule has 1 amide bonds. The highest BCUT2D eigenvalue weighted by Gasteiger charge is 2.29. The fourth-order valence-corrected chi connectivity index (χ4v) is 3.06. The Morgan fingerprint density at radius 3 is 2.92 bits per heavy atom. The summed E-state index contributed by atoms with van der Waals surface area (Å²) in [6.07, 6.45) is 2.64. The molecule has 1 saturated heterocycles. The van der Waals surface area contributed by atoms with E-state index >= 15 is 0 Å². The summed E-state index contributed by atoms with van der Waals surface area (Å²) in [6, 6.07) is 5.36. The van der Waals surface area contributed by atoms with E-state index in [9.17, 15) is 4.79 Å². The number of pyridine rings is 1. The molecule has 2 aromatic heterocycles. The first kappa shape index (κ1) is 18.4. The maximum absolute atomic E-state index is 12.4. The molecule has 26 heavy (non-hydrogen) atoms. The Bertz CT molecular complexity index is 745. The molecular weight excluding hydrogens is 332 g/mol. The van der Waals surface area contributed by atoms with Gasteiger partial charge in [-0.2, -0.15) is 5.10 Å². The average Bonchev–Trinajstić information content (AvgIpc) is 2.89. The van der Waals surface area contributed by atoms with Crippen LogP contribution in [0.5, 0.6) is 5.88 Å². The summed E-state index contributed by atoms with van der Waals surface area (Å²) in [4.78, 5) is 16.6. The molecule has 0 aliphatic carbocycles. The number of hydrogen-bond acceptors (Lipinski definition) is 5. The van der Waals surface area contributed by atoms with Crippen LogP contribution in [0.25, 0.3) is 0 Å². The number of nitrogens with one attached hydrogen (secondary N) is 1. The van der Waals surface area contributed by atoms with Gasteiger partial charge in [-0.15, -0.1) is 0 Å². The minimum Gasteiger partial charge on any atom is -0.472 e. The van der Waals surface area contributed by atoms with E-state index in [0.29, 0.717) is 32.1 Å². The molecule has 3 rings (SSSR count). The van der Waals surface area contributed by atoms with Gasteiger partial charge in [0, 0.05) is 37.3 Å². The van der Waals surface area contributed by atoms with Crippen LogP contribution in [0.2, 0.25) is 0 Å². The van der Waals surface area contributed by atoms with Gasteiger partial charge < -0.3 is 14.8 Å². The second-order valence-corrected chi connectivity index (χ2v) is 6.63. The lowest BCUT2D eigenvalue weighted by Crippen LogP contribution is -2.52. The van der Waals surface area contributed by atoms with Crippen molar-refractivity contribution in [1.29, 1.82) is 0 Å². The molecule has 0 bridgehead atoms. The highest BCUT2D eigenvalue weighted by molar-refractivity contribution is 5.76. The van der Waals surface area contributed by atoms with Gasteiger partial charge >= 0.3 is 0 Å². The maximum Gasteiger partial charge on any atom is 0.222 e. The molecular formula is C19H26N4O3. The third-order valence-corrected chi connectivity index (χ3v) is 4.84. The van der Waals surface area contributed by atoms with Crippen molar-refractivity contribution < 1.29 is 14.3 Å². The number of aryl methyl sites for hydroxylation is 2. The lowest BCUT2D eigenvalue weighted by Gasteiger charge is -2.32. The highest BCUT2D eigenvalue weighted by Crippen LogP contribution is 2.16. The van der Waals surface area contributed by atoms with E-state index < -0.39 is 0 Å². The van der Waals surface area contributed by atoms with Crippen LogP contribution < -0.4 is 10.1 Å². The Balaban J connectivity index is 1.55. The van der Waals surface area contributed by atoms with Crippen LogP contribution in [-0.4, -0.2) is 46.0 Å². The second-order valence-electron chi connectivity index (χ2n) is 6.63. The van der Waals surface area contributed by atoms with Gasteiger partial charge in [0.1, 0.15) is 6.10 Å². The number of aromatic nitrogens is 3. The lowest BCUT2D eigenvalue weighted by molar-refractivity contribution is -0.124. The fraction of sp³-hybridized carbons (Fsp3) is 0.526. The molecule has 7 heteroatoms. The van der Waals surface area contributed by atoms with Gasteiger partial charge in [-0.3, -0.25) is 9.48 Å². The quantitative estimate of drug-likeness (QED) is 0.854. The monoisotopic (exact) mass is 358 g/mol. The zero-order valence-electron chi connectivity index (χ0n) is 15.6. The van der Waals surface area contributed by atoms with Gasteiger partial charge in [-0.1, -0.05) is 6.07 Å². The first-order valence-corrected chi connectivity index (χ1v) is 9.00. The number of ether oxygens (including phenoxy) is 2. The smallest absolute Gasteiger partial charge is 0.222 e. The Hall–Kier alpha value is -2.41. The summed E-state index contributed by atoms with van der Waals surface area (Å²) in [7, 11) is 0. The van der Waals surface area contributed by atoms with Crippen LogP contribution in [0, 0.1) is 20.8 Å². The van der Waals surface area contributed by atoms with E-state index in [-0.39, 0.29) is 18.1 Å². The Labute approximate surface area is 153 Å². The van der Waals surface area contributed by atoms with E-state index in [1.807, 2.05) is 43.7 Å². The van der Waals surface area contributed by atoms with Crippen molar-refractivity contribution in [2.45, 2.75) is 52.3 Å². The van der Waals surface area contributed by atoms with Gasteiger partial charge in [-0.05, 0) is 32.4 Å². The number of rotatable bonds is 6. The van der Waals surface area contributed by atoms with E-state index in [1.54, 1.807) is 6.20 Å². The Morgan fingerprint density at radius 2 is 2.23 bits per heavy atom. The number of amides is 1.